The van der Waals surface area contributed by atoms with Crippen molar-refractivity contribution in [1.82, 2.24) is 5.32 Å². The third-order valence-corrected chi connectivity index (χ3v) is 16.5. The quantitative estimate of drug-likeness (QED) is 0.0272. The van der Waals surface area contributed by atoms with Gasteiger partial charge in [-0.25, -0.2) is 0 Å². The van der Waals surface area contributed by atoms with E-state index in [0.29, 0.717) is 17.4 Å². The Bertz CT molecular complexity index is 1210. The summed E-state index contributed by atoms with van der Waals surface area (Å²) in [5.74, 6) is -0.188. The van der Waals surface area contributed by atoms with Crippen LogP contribution in [-0.4, -0.2) is 68.5 Å². The van der Waals surface area contributed by atoms with Gasteiger partial charge in [-0.1, -0.05) is 334 Å². The molecule has 3 atom stereocenters. The largest absolute Gasteiger partial charge is 0.756 e. The molecule has 0 aliphatic carbocycles. The van der Waals surface area contributed by atoms with Gasteiger partial charge in [-0.05, 0) is 19.3 Å². The highest BCUT2D eigenvalue weighted by atomic mass is 31.2. The number of amides is 1. The fourth-order valence-electron chi connectivity index (χ4n) is 10.3. The monoisotopic (exact) mass is 1070 g/mol. The van der Waals surface area contributed by atoms with E-state index < -0.39 is 20.0 Å². The molecule has 74 heavy (non-hydrogen) atoms. The molecule has 1 amide bonds. The maximum atomic E-state index is 13.0. The van der Waals surface area contributed by atoms with E-state index in [-0.39, 0.29) is 19.1 Å². The third-order valence-electron chi connectivity index (χ3n) is 15.5. The van der Waals surface area contributed by atoms with E-state index in [4.69, 9.17) is 9.05 Å². The Kier molecular flexibility index (Phi) is 56.4. The van der Waals surface area contributed by atoms with Crippen LogP contribution < -0.4 is 10.2 Å². The molecule has 0 heterocycles. The maximum Gasteiger partial charge on any atom is 0.268 e. The van der Waals surface area contributed by atoms with Gasteiger partial charge in [0, 0.05) is 6.42 Å². The average Bonchev–Trinajstić information content (AvgIpc) is 3.36. The van der Waals surface area contributed by atoms with Gasteiger partial charge < -0.3 is 28.8 Å². The molecule has 442 valence electrons. The number of carbonyl (C=O) groups excluding carboxylic acids is 1. The molecule has 0 aromatic rings. The lowest BCUT2D eigenvalue weighted by Gasteiger charge is -2.29. The van der Waals surface area contributed by atoms with Crippen LogP contribution in [0, 0.1) is 0 Å². The smallest absolute Gasteiger partial charge is 0.268 e. The third kappa shape index (κ3) is 58.9. The minimum atomic E-state index is -4.60. The summed E-state index contributed by atoms with van der Waals surface area (Å²) in [5.41, 5.74) is 0. The lowest BCUT2D eigenvalue weighted by atomic mass is 10.0. The van der Waals surface area contributed by atoms with Crippen LogP contribution in [0.4, 0.5) is 0 Å². The van der Waals surface area contributed by atoms with Crippen molar-refractivity contribution in [1.29, 1.82) is 0 Å². The number of likely N-dealkylation sites (N-methyl/N-ethyl adjacent to an activating group) is 1. The summed E-state index contributed by atoms with van der Waals surface area (Å²) in [6, 6.07) is -0.883. The van der Waals surface area contributed by atoms with Crippen LogP contribution >= 0.6 is 7.82 Å². The number of phosphoric ester groups is 1. The van der Waals surface area contributed by atoms with Crippen LogP contribution in [0.2, 0.25) is 0 Å². The Morgan fingerprint density at radius 3 is 1.01 bits per heavy atom. The van der Waals surface area contributed by atoms with Crippen molar-refractivity contribution >= 4 is 13.7 Å². The van der Waals surface area contributed by atoms with Crippen LogP contribution in [0.5, 0.6) is 0 Å². The molecule has 0 radical (unpaired) electrons. The summed E-state index contributed by atoms with van der Waals surface area (Å²) in [4.78, 5) is 25.6. The van der Waals surface area contributed by atoms with E-state index in [1.165, 1.54) is 289 Å². The molecule has 0 saturated carbocycles. The number of phosphoric acid groups is 1. The Morgan fingerprint density at radius 1 is 0.459 bits per heavy atom. The number of nitrogens with zero attached hydrogens (tertiary/aromatic N) is 1. The zero-order valence-electron chi connectivity index (χ0n) is 50.6. The van der Waals surface area contributed by atoms with Gasteiger partial charge in [0.05, 0.1) is 39.9 Å². The summed E-state index contributed by atoms with van der Waals surface area (Å²) in [5, 5.41) is 14.0. The highest BCUT2D eigenvalue weighted by Gasteiger charge is 2.23. The van der Waals surface area contributed by atoms with E-state index in [9.17, 15) is 19.4 Å². The summed E-state index contributed by atoms with van der Waals surface area (Å²) in [6.07, 6.45) is 71.7. The molecule has 0 rings (SSSR count). The number of quaternary nitrogens is 1. The topological polar surface area (TPSA) is 108 Å². The Labute approximate surface area is 462 Å². The van der Waals surface area contributed by atoms with Crippen LogP contribution in [0.15, 0.2) is 12.2 Å². The van der Waals surface area contributed by atoms with E-state index in [1.807, 2.05) is 27.2 Å². The fraction of sp³-hybridized carbons (Fsp3) is 0.954. The van der Waals surface area contributed by atoms with Crippen molar-refractivity contribution in [3.05, 3.63) is 12.2 Å². The lowest BCUT2D eigenvalue weighted by molar-refractivity contribution is -0.870. The molecule has 3 unspecified atom stereocenters. The number of carbonyl (C=O) groups is 1. The van der Waals surface area contributed by atoms with Crippen LogP contribution in [0.1, 0.15) is 348 Å². The summed E-state index contributed by atoms with van der Waals surface area (Å²) < 4.78 is 23.4. The van der Waals surface area contributed by atoms with Crippen LogP contribution in [0.3, 0.4) is 0 Å². The molecule has 0 aliphatic rings. The van der Waals surface area contributed by atoms with Gasteiger partial charge in [0.15, 0.2) is 0 Å². The molecule has 0 aromatic heterocycles. The number of aliphatic hydroxyl groups is 1. The van der Waals surface area contributed by atoms with Gasteiger partial charge in [0.25, 0.3) is 7.82 Å². The Balaban J connectivity index is 4.08. The normalized spacial score (nSPS) is 13.8. The SMILES string of the molecule is CCCCCCCCCCCCCCCCCCCCCCCCCCC/C=C/C(O)C(COP(=O)([O-])OCC[N+](C)(C)C)NC(=O)CCCCCCCCCCCCCCCCCCCCCCCCCCC. The average molecular weight is 1070 g/mol. The van der Waals surface area contributed by atoms with E-state index >= 15 is 0 Å². The summed E-state index contributed by atoms with van der Waals surface area (Å²) in [6.45, 7) is 4.72. The zero-order chi connectivity index (χ0) is 54.2. The number of hydrogen-bond acceptors (Lipinski definition) is 6. The van der Waals surface area contributed by atoms with Crippen molar-refractivity contribution in [3.8, 4) is 0 Å². The first kappa shape index (κ1) is 73.2. The molecule has 9 heteroatoms. The predicted octanol–water partition coefficient (Wildman–Crippen LogP) is 19.9. The minimum Gasteiger partial charge on any atom is -0.756 e. The van der Waals surface area contributed by atoms with Gasteiger partial charge in [-0.2, -0.15) is 0 Å². The second-order valence-electron chi connectivity index (χ2n) is 24.2. The molecule has 8 nitrogen and oxygen atoms in total. The first-order valence-corrected chi connectivity index (χ1v) is 34.5. The predicted molar refractivity (Wildman–Crippen MR) is 321 cm³/mol. The maximum absolute atomic E-state index is 13.0. The van der Waals surface area contributed by atoms with E-state index in [0.717, 1.165) is 38.5 Å². The van der Waals surface area contributed by atoms with Crippen LogP contribution in [-0.2, 0) is 18.4 Å². The zero-order valence-corrected chi connectivity index (χ0v) is 51.5. The summed E-state index contributed by atoms with van der Waals surface area (Å²) in [7, 11) is 1.28. The first-order valence-electron chi connectivity index (χ1n) is 33.1. The molecule has 0 fully saturated rings. The molecule has 0 aliphatic heterocycles. The van der Waals surface area contributed by atoms with Gasteiger partial charge in [-0.15, -0.1) is 0 Å². The van der Waals surface area contributed by atoms with Crippen molar-refractivity contribution in [2.75, 3.05) is 40.9 Å². The second kappa shape index (κ2) is 56.9. The molecule has 0 saturated heterocycles. The number of unbranched alkanes of at least 4 members (excludes halogenated alkanes) is 49. The molecule has 2 N–H and O–H groups in total. The van der Waals surface area contributed by atoms with Crippen molar-refractivity contribution in [3.63, 3.8) is 0 Å². The molecular formula is C65H131N2O6P. The Hall–Kier alpha value is -0.760. The number of allylic oxidation sites excluding steroid dienone is 1. The first-order chi connectivity index (χ1) is 36.0. The highest BCUT2D eigenvalue weighted by Crippen LogP contribution is 2.38. The number of aliphatic hydroxyl groups excluding tert-OH is 1. The van der Waals surface area contributed by atoms with Gasteiger partial charge in [0.2, 0.25) is 5.91 Å². The number of rotatable bonds is 62. The molecule has 0 spiro atoms. The standard InChI is InChI=1S/C65H131N2O6P/c1-6-8-10-12-14-16-18-20-22-24-26-28-30-32-33-35-36-38-40-42-44-46-48-50-52-54-56-58-64(68)63(62-73-74(70,71)72-61-60-67(3,4)5)66-65(69)59-57-55-53-51-49-47-45-43-41-39-37-34-31-29-27-25-23-21-19-17-15-13-11-9-7-2/h56,58,63-64,68H,6-55,57,59-62H2,1-5H3,(H-,66,69,70,71)/b58-56+. The van der Waals surface area contributed by atoms with Crippen LogP contribution in [0.25, 0.3) is 0 Å². The highest BCUT2D eigenvalue weighted by molar-refractivity contribution is 7.45. The van der Waals surface area contributed by atoms with Gasteiger partial charge in [0.1, 0.15) is 13.2 Å². The van der Waals surface area contributed by atoms with E-state index in [1.54, 1.807) is 6.08 Å². The molecule has 0 aromatic carbocycles. The van der Waals surface area contributed by atoms with Gasteiger partial charge in [-0.3, -0.25) is 9.36 Å². The van der Waals surface area contributed by atoms with Gasteiger partial charge >= 0.3 is 0 Å². The van der Waals surface area contributed by atoms with Crippen molar-refractivity contribution < 1.29 is 32.9 Å². The van der Waals surface area contributed by atoms with Crippen molar-refractivity contribution in [2.45, 2.75) is 360 Å². The Morgan fingerprint density at radius 2 is 0.730 bits per heavy atom. The summed E-state index contributed by atoms with van der Waals surface area (Å²) >= 11 is 0. The molecule has 0 bridgehead atoms. The number of hydrogen-bond donors (Lipinski definition) is 2. The van der Waals surface area contributed by atoms with Crippen molar-refractivity contribution in [2.24, 2.45) is 0 Å². The molecular weight excluding hydrogens is 936 g/mol. The second-order valence-corrected chi connectivity index (χ2v) is 25.6. The number of nitrogens with one attached hydrogen (secondary N) is 1. The van der Waals surface area contributed by atoms with E-state index in [2.05, 4.69) is 19.2 Å². The fourth-order valence-corrected chi connectivity index (χ4v) is 11.1. The lowest BCUT2D eigenvalue weighted by Crippen LogP contribution is -2.45. The minimum absolute atomic E-state index is 0.00294.